The van der Waals surface area contributed by atoms with Crippen LogP contribution < -0.4 is 5.32 Å². The van der Waals surface area contributed by atoms with Crippen LogP contribution in [0.2, 0.25) is 0 Å². The van der Waals surface area contributed by atoms with Gasteiger partial charge in [0.1, 0.15) is 0 Å². The van der Waals surface area contributed by atoms with Crippen molar-refractivity contribution in [3.05, 3.63) is 35.9 Å². The largest absolute Gasteiger partial charge is 0.376 e. The third-order valence-corrected chi connectivity index (χ3v) is 5.00. The minimum Gasteiger partial charge on any atom is -0.376 e. The molecule has 1 atom stereocenters. The first-order valence-corrected chi connectivity index (χ1v) is 9.61. The van der Waals surface area contributed by atoms with Crippen molar-refractivity contribution in [3.8, 4) is 0 Å². The molecule has 0 aliphatic carbocycles. The minimum atomic E-state index is 0.0570. The molecule has 0 radical (unpaired) electrons. The molecule has 0 unspecified atom stereocenters. The molecule has 3 rings (SSSR count). The van der Waals surface area contributed by atoms with Crippen LogP contribution in [0.15, 0.2) is 35.5 Å². The SMILES string of the molecule is O=C(CCSc1nnnn1C[C@H]1CCCO1)NCCc1ccccc1. The summed E-state index contributed by atoms with van der Waals surface area (Å²) in [5.41, 5.74) is 1.23. The lowest BCUT2D eigenvalue weighted by Crippen LogP contribution is -2.26. The fraction of sp³-hybridized carbons (Fsp3) is 0.529. The zero-order chi connectivity index (χ0) is 17.3. The molecule has 0 saturated carbocycles. The molecule has 1 saturated heterocycles. The Kier molecular flexibility index (Phi) is 6.81. The van der Waals surface area contributed by atoms with Gasteiger partial charge in [0.05, 0.1) is 12.6 Å². The Hall–Kier alpha value is -1.93. The molecule has 2 heterocycles. The standard InChI is InChI=1S/C17H23N5O2S/c23-16(18-10-8-14-5-2-1-3-6-14)9-12-25-17-19-20-21-22(17)13-15-7-4-11-24-15/h1-3,5-6,15H,4,7-13H2,(H,18,23)/t15-/m1/s1. The number of nitrogens with zero attached hydrogens (tertiary/aromatic N) is 4. The van der Waals surface area contributed by atoms with Gasteiger partial charge in [0, 0.05) is 25.3 Å². The predicted octanol–water partition coefficient (Wildman–Crippen LogP) is 1.69. The summed E-state index contributed by atoms with van der Waals surface area (Å²) >= 11 is 1.51. The Balaban J connectivity index is 1.33. The highest BCUT2D eigenvalue weighted by molar-refractivity contribution is 7.99. The van der Waals surface area contributed by atoms with Crippen LogP contribution in [0.1, 0.15) is 24.8 Å². The van der Waals surface area contributed by atoms with E-state index < -0.39 is 0 Å². The maximum atomic E-state index is 11.9. The molecule has 2 aromatic rings. The Morgan fingerprint density at radius 3 is 3.04 bits per heavy atom. The van der Waals surface area contributed by atoms with E-state index in [2.05, 4.69) is 33.0 Å². The number of hydrogen-bond acceptors (Lipinski definition) is 6. The van der Waals surface area contributed by atoms with Crippen molar-refractivity contribution in [1.82, 2.24) is 25.5 Å². The molecular weight excluding hydrogens is 338 g/mol. The average Bonchev–Trinajstić information content (AvgIpc) is 3.29. The number of rotatable bonds is 9. The van der Waals surface area contributed by atoms with Crippen LogP contribution in [0, 0.1) is 0 Å². The molecule has 1 aromatic carbocycles. The number of ether oxygens (including phenoxy) is 1. The first-order chi connectivity index (χ1) is 12.3. The lowest BCUT2D eigenvalue weighted by Gasteiger charge is -2.10. The Morgan fingerprint density at radius 1 is 1.36 bits per heavy atom. The van der Waals surface area contributed by atoms with Crippen LogP contribution in [0.25, 0.3) is 0 Å². The summed E-state index contributed by atoms with van der Waals surface area (Å²) < 4.78 is 7.39. The van der Waals surface area contributed by atoms with Gasteiger partial charge in [-0.2, -0.15) is 0 Å². The van der Waals surface area contributed by atoms with Gasteiger partial charge in [0.2, 0.25) is 11.1 Å². The molecule has 1 aliphatic heterocycles. The predicted molar refractivity (Wildman–Crippen MR) is 95.3 cm³/mol. The zero-order valence-electron chi connectivity index (χ0n) is 14.1. The number of aromatic nitrogens is 4. The van der Waals surface area contributed by atoms with Crippen molar-refractivity contribution in [2.75, 3.05) is 18.9 Å². The van der Waals surface area contributed by atoms with E-state index in [-0.39, 0.29) is 12.0 Å². The molecule has 7 nitrogen and oxygen atoms in total. The van der Waals surface area contributed by atoms with E-state index in [4.69, 9.17) is 4.74 Å². The second-order valence-corrected chi connectivity index (χ2v) is 7.02. The van der Waals surface area contributed by atoms with E-state index in [0.717, 1.165) is 31.0 Å². The number of tetrazole rings is 1. The lowest BCUT2D eigenvalue weighted by molar-refractivity contribution is -0.120. The van der Waals surface area contributed by atoms with Gasteiger partial charge in [-0.1, -0.05) is 42.1 Å². The van der Waals surface area contributed by atoms with Crippen molar-refractivity contribution < 1.29 is 9.53 Å². The fourth-order valence-electron chi connectivity index (χ4n) is 2.71. The summed E-state index contributed by atoms with van der Waals surface area (Å²) in [6, 6.07) is 10.1. The average molecular weight is 361 g/mol. The van der Waals surface area contributed by atoms with Gasteiger partial charge in [0.15, 0.2) is 0 Å². The molecule has 8 heteroatoms. The van der Waals surface area contributed by atoms with Gasteiger partial charge < -0.3 is 10.1 Å². The van der Waals surface area contributed by atoms with E-state index >= 15 is 0 Å². The van der Waals surface area contributed by atoms with Gasteiger partial charge in [-0.25, -0.2) is 4.68 Å². The van der Waals surface area contributed by atoms with E-state index in [1.165, 1.54) is 17.3 Å². The van der Waals surface area contributed by atoms with Crippen LogP contribution in [0.5, 0.6) is 0 Å². The van der Waals surface area contributed by atoms with Crippen LogP contribution in [0.4, 0.5) is 0 Å². The third kappa shape index (κ3) is 5.82. The Bertz CT molecular complexity index is 658. The second-order valence-electron chi connectivity index (χ2n) is 5.96. The van der Waals surface area contributed by atoms with Crippen LogP contribution in [0.3, 0.4) is 0 Å². The summed E-state index contributed by atoms with van der Waals surface area (Å²) in [5, 5.41) is 15.5. The zero-order valence-corrected chi connectivity index (χ0v) is 15.0. The summed E-state index contributed by atoms with van der Waals surface area (Å²) in [4.78, 5) is 11.9. The highest BCUT2D eigenvalue weighted by Crippen LogP contribution is 2.18. The van der Waals surface area contributed by atoms with E-state index in [1.807, 2.05) is 18.2 Å². The van der Waals surface area contributed by atoms with Crippen molar-refractivity contribution in [1.29, 1.82) is 0 Å². The molecule has 134 valence electrons. The number of thioether (sulfide) groups is 1. The summed E-state index contributed by atoms with van der Waals surface area (Å²) in [5.74, 6) is 0.713. The molecule has 1 aromatic heterocycles. The van der Waals surface area contributed by atoms with Gasteiger partial charge in [-0.05, 0) is 35.3 Å². The van der Waals surface area contributed by atoms with E-state index in [9.17, 15) is 4.79 Å². The third-order valence-electron chi connectivity index (χ3n) is 4.04. The minimum absolute atomic E-state index is 0.0570. The van der Waals surface area contributed by atoms with Crippen LogP contribution in [-0.2, 0) is 22.5 Å². The number of benzene rings is 1. The highest BCUT2D eigenvalue weighted by atomic mass is 32.2. The summed E-state index contributed by atoms with van der Waals surface area (Å²) in [6.45, 7) is 2.15. The first-order valence-electron chi connectivity index (χ1n) is 8.62. The van der Waals surface area contributed by atoms with Gasteiger partial charge in [-0.3, -0.25) is 4.79 Å². The summed E-state index contributed by atoms with van der Waals surface area (Å²) in [7, 11) is 0. The monoisotopic (exact) mass is 361 g/mol. The molecular formula is C17H23N5O2S. The van der Waals surface area contributed by atoms with Crippen molar-refractivity contribution in [2.24, 2.45) is 0 Å². The quantitative estimate of drug-likeness (QED) is 0.685. The highest BCUT2D eigenvalue weighted by Gasteiger charge is 2.18. The fourth-order valence-corrected chi connectivity index (χ4v) is 3.53. The topological polar surface area (TPSA) is 81.9 Å². The molecule has 1 aliphatic rings. The van der Waals surface area contributed by atoms with Crippen molar-refractivity contribution >= 4 is 17.7 Å². The second kappa shape index (κ2) is 9.53. The van der Waals surface area contributed by atoms with Gasteiger partial charge >= 0.3 is 0 Å². The number of nitrogens with one attached hydrogen (secondary N) is 1. The molecule has 0 spiro atoms. The van der Waals surface area contributed by atoms with Crippen LogP contribution >= 0.6 is 11.8 Å². The van der Waals surface area contributed by atoms with Crippen molar-refractivity contribution in [2.45, 2.75) is 43.5 Å². The number of hydrogen-bond donors (Lipinski definition) is 1. The molecule has 1 N–H and O–H groups in total. The molecule has 1 amide bonds. The Morgan fingerprint density at radius 2 is 2.24 bits per heavy atom. The normalized spacial score (nSPS) is 16.9. The Labute approximate surface area is 151 Å². The maximum Gasteiger partial charge on any atom is 0.220 e. The molecule has 25 heavy (non-hydrogen) atoms. The molecule has 0 bridgehead atoms. The van der Waals surface area contributed by atoms with E-state index in [0.29, 0.717) is 25.3 Å². The first kappa shape index (κ1) is 17.9. The number of amides is 1. The van der Waals surface area contributed by atoms with Gasteiger partial charge in [-0.15, -0.1) is 5.10 Å². The van der Waals surface area contributed by atoms with Gasteiger partial charge in [0.25, 0.3) is 0 Å². The van der Waals surface area contributed by atoms with Crippen molar-refractivity contribution in [3.63, 3.8) is 0 Å². The smallest absolute Gasteiger partial charge is 0.220 e. The number of carbonyl (C=O) groups excluding carboxylic acids is 1. The number of carbonyl (C=O) groups is 1. The molecule has 1 fully saturated rings. The summed E-state index contributed by atoms with van der Waals surface area (Å²) in [6.07, 6.45) is 3.64. The maximum absolute atomic E-state index is 11.9. The lowest BCUT2D eigenvalue weighted by atomic mass is 10.1. The van der Waals surface area contributed by atoms with E-state index in [1.54, 1.807) is 4.68 Å². The van der Waals surface area contributed by atoms with Crippen LogP contribution in [-0.4, -0.2) is 51.1 Å².